The van der Waals surface area contributed by atoms with Crippen molar-refractivity contribution in [1.29, 1.82) is 0 Å². The highest BCUT2D eigenvalue weighted by Gasteiger charge is 2.31. The average Bonchev–Trinajstić information content (AvgIpc) is 3.17. The molecule has 3 aromatic rings. The molecule has 0 spiro atoms. The molecule has 0 saturated carbocycles. The number of fused-ring (bicyclic) bond motifs is 1. The first-order chi connectivity index (χ1) is 11.9. The van der Waals surface area contributed by atoms with Crippen molar-refractivity contribution in [1.82, 2.24) is 9.55 Å². The van der Waals surface area contributed by atoms with E-state index in [1.807, 2.05) is 10.6 Å². The Morgan fingerprint density at radius 1 is 0.960 bits per heavy atom. The van der Waals surface area contributed by atoms with Crippen molar-refractivity contribution in [3.8, 4) is 22.8 Å². The second kappa shape index (κ2) is 6.06. The molecule has 1 aliphatic heterocycles. The van der Waals surface area contributed by atoms with Crippen LogP contribution in [-0.2, 0) is 6.42 Å². The highest BCUT2D eigenvalue weighted by atomic mass is 35.5. The standard InChI is InChI=1S/C17H12Cl4N2O2/c18-9-6-11(22-16(9)20)7-3-13(24)15(14(25)4-7)12-2-1-8-5-10(19)17(21)23(8)12/h3-6,12,22,24-25H,1-2H2/t12-/m0/s1. The second-order valence-corrected chi connectivity index (χ2v) is 7.52. The molecule has 130 valence electrons. The molecule has 0 radical (unpaired) electrons. The number of rotatable bonds is 2. The van der Waals surface area contributed by atoms with E-state index in [2.05, 4.69) is 4.98 Å². The fraction of sp³-hybridized carbons (Fsp3) is 0.176. The summed E-state index contributed by atoms with van der Waals surface area (Å²) in [7, 11) is 0. The van der Waals surface area contributed by atoms with Crippen LogP contribution >= 0.6 is 46.4 Å². The minimum atomic E-state index is -0.278. The van der Waals surface area contributed by atoms with E-state index in [9.17, 15) is 10.2 Å². The monoisotopic (exact) mass is 416 g/mol. The maximum atomic E-state index is 10.6. The van der Waals surface area contributed by atoms with Gasteiger partial charge in [0, 0.05) is 17.0 Å². The fourth-order valence-corrected chi connectivity index (χ4v) is 4.22. The van der Waals surface area contributed by atoms with Crippen LogP contribution in [0.2, 0.25) is 20.4 Å². The number of hydrogen-bond donors (Lipinski definition) is 3. The van der Waals surface area contributed by atoms with E-state index in [1.165, 1.54) is 0 Å². The number of aryl methyl sites for hydroxylation is 1. The van der Waals surface area contributed by atoms with Gasteiger partial charge in [-0.1, -0.05) is 46.4 Å². The number of H-pyrrole nitrogens is 1. The highest BCUT2D eigenvalue weighted by molar-refractivity contribution is 6.42. The quantitative estimate of drug-likeness (QED) is 0.475. The molecule has 0 unspecified atom stereocenters. The predicted molar refractivity (Wildman–Crippen MR) is 100 cm³/mol. The Labute approximate surface area is 163 Å². The SMILES string of the molecule is Oc1cc(-c2cc(Cl)c(Cl)[nH]2)cc(O)c1[C@@H]1CCc2cc(Cl)c(Cl)n21. The summed E-state index contributed by atoms with van der Waals surface area (Å²) in [5.74, 6) is -0.0637. The molecule has 1 atom stereocenters. The van der Waals surface area contributed by atoms with Crippen LogP contribution in [0, 0.1) is 0 Å². The molecule has 0 saturated heterocycles. The molecule has 1 aliphatic rings. The Hall–Kier alpha value is -1.46. The molecule has 0 bridgehead atoms. The van der Waals surface area contributed by atoms with Crippen LogP contribution in [0.25, 0.3) is 11.3 Å². The van der Waals surface area contributed by atoms with Gasteiger partial charge in [-0.2, -0.15) is 0 Å². The van der Waals surface area contributed by atoms with E-state index in [0.717, 1.165) is 12.1 Å². The molecular weight excluding hydrogens is 406 g/mol. The zero-order valence-corrected chi connectivity index (χ0v) is 15.7. The van der Waals surface area contributed by atoms with Gasteiger partial charge < -0.3 is 19.8 Å². The zero-order chi connectivity index (χ0) is 17.9. The molecular formula is C17H12Cl4N2O2. The van der Waals surface area contributed by atoms with Crippen LogP contribution in [0.5, 0.6) is 11.5 Å². The predicted octanol–water partition coefficient (Wildman–Crippen LogP) is 6.04. The summed E-state index contributed by atoms with van der Waals surface area (Å²) < 4.78 is 1.85. The molecule has 1 aromatic carbocycles. The number of halogens is 4. The number of nitrogens with zero attached hydrogens (tertiary/aromatic N) is 1. The molecule has 25 heavy (non-hydrogen) atoms. The number of aromatic amines is 1. The summed E-state index contributed by atoms with van der Waals surface area (Å²) >= 11 is 24.3. The van der Waals surface area contributed by atoms with Crippen molar-refractivity contribution >= 4 is 46.4 Å². The number of aromatic hydroxyl groups is 2. The molecule has 3 N–H and O–H groups in total. The lowest BCUT2D eigenvalue weighted by Crippen LogP contribution is -2.06. The van der Waals surface area contributed by atoms with E-state index in [4.69, 9.17) is 46.4 Å². The van der Waals surface area contributed by atoms with Crippen molar-refractivity contribution in [2.75, 3.05) is 0 Å². The first-order valence-corrected chi connectivity index (χ1v) is 9.03. The average molecular weight is 418 g/mol. The molecule has 0 amide bonds. The first-order valence-electron chi connectivity index (χ1n) is 7.52. The van der Waals surface area contributed by atoms with Gasteiger partial charge in [-0.05, 0) is 37.1 Å². The lowest BCUT2D eigenvalue weighted by molar-refractivity contribution is 0.421. The minimum Gasteiger partial charge on any atom is -0.507 e. The van der Waals surface area contributed by atoms with Crippen LogP contribution in [0.1, 0.15) is 23.7 Å². The molecule has 4 nitrogen and oxygen atoms in total. The maximum Gasteiger partial charge on any atom is 0.128 e. The van der Waals surface area contributed by atoms with E-state index < -0.39 is 0 Å². The third-order valence-electron chi connectivity index (χ3n) is 4.50. The highest BCUT2D eigenvalue weighted by Crippen LogP contribution is 2.46. The van der Waals surface area contributed by atoms with Crippen LogP contribution < -0.4 is 0 Å². The van der Waals surface area contributed by atoms with E-state index in [0.29, 0.717) is 43.6 Å². The summed E-state index contributed by atoms with van der Waals surface area (Å²) in [4.78, 5) is 2.90. The van der Waals surface area contributed by atoms with Gasteiger partial charge in [0.15, 0.2) is 0 Å². The normalized spacial score (nSPS) is 16.4. The first kappa shape index (κ1) is 17.0. The smallest absolute Gasteiger partial charge is 0.128 e. The van der Waals surface area contributed by atoms with E-state index >= 15 is 0 Å². The van der Waals surface area contributed by atoms with Crippen LogP contribution in [0.15, 0.2) is 24.3 Å². The van der Waals surface area contributed by atoms with Crippen LogP contribution in [0.3, 0.4) is 0 Å². The Morgan fingerprint density at radius 3 is 2.24 bits per heavy atom. The topological polar surface area (TPSA) is 61.2 Å². The molecule has 3 heterocycles. The Bertz CT molecular complexity index is 950. The molecule has 4 rings (SSSR count). The van der Waals surface area contributed by atoms with Gasteiger partial charge in [-0.25, -0.2) is 0 Å². The van der Waals surface area contributed by atoms with Crippen molar-refractivity contribution in [2.45, 2.75) is 18.9 Å². The zero-order valence-electron chi connectivity index (χ0n) is 12.7. The number of aromatic nitrogens is 2. The van der Waals surface area contributed by atoms with Crippen molar-refractivity contribution in [2.24, 2.45) is 0 Å². The Morgan fingerprint density at radius 2 is 1.64 bits per heavy atom. The lowest BCUT2D eigenvalue weighted by Gasteiger charge is -2.19. The molecule has 8 heteroatoms. The van der Waals surface area contributed by atoms with E-state index in [1.54, 1.807) is 18.2 Å². The van der Waals surface area contributed by atoms with Crippen LogP contribution in [0.4, 0.5) is 0 Å². The Balaban J connectivity index is 1.81. The van der Waals surface area contributed by atoms with Crippen molar-refractivity contribution in [3.05, 3.63) is 55.9 Å². The third kappa shape index (κ3) is 2.68. The second-order valence-electron chi connectivity index (χ2n) is 5.97. The van der Waals surface area contributed by atoms with Gasteiger partial charge in [0.1, 0.15) is 21.8 Å². The van der Waals surface area contributed by atoms with Gasteiger partial charge in [0.25, 0.3) is 0 Å². The minimum absolute atomic E-state index is 0.0319. The van der Waals surface area contributed by atoms with E-state index in [-0.39, 0.29) is 17.5 Å². The van der Waals surface area contributed by atoms with Gasteiger partial charge >= 0.3 is 0 Å². The lowest BCUT2D eigenvalue weighted by atomic mass is 9.99. The molecule has 0 aliphatic carbocycles. The summed E-state index contributed by atoms with van der Waals surface area (Å²) in [5, 5.41) is 22.7. The van der Waals surface area contributed by atoms with Gasteiger partial charge in [0.2, 0.25) is 0 Å². The number of nitrogens with one attached hydrogen (secondary N) is 1. The van der Waals surface area contributed by atoms with Crippen molar-refractivity contribution in [3.63, 3.8) is 0 Å². The van der Waals surface area contributed by atoms with Crippen LogP contribution in [-0.4, -0.2) is 19.8 Å². The third-order valence-corrected chi connectivity index (χ3v) is 5.97. The molecule has 0 fully saturated rings. The number of hydrogen-bond acceptors (Lipinski definition) is 2. The van der Waals surface area contributed by atoms with Gasteiger partial charge in [-0.15, -0.1) is 0 Å². The number of benzene rings is 1. The largest absolute Gasteiger partial charge is 0.507 e. The summed E-state index contributed by atoms with van der Waals surface area (Å²) in [5.41, 5.74) is 2.56. The number of phenolic OH excluding ortho intramolecular Hbond substituents is 2. The van der Waals surface area contributed by atoms with Gasteiger partial charge in [0.05, 0.1) is 21.7 Å². The summed E-state index contributed by atoms with van der Waals surface area (Å²) in [6, 6.07) is 6.29. The Kier molecular flexibility index (Phi) is 4.12. The molecule has 2 aromatic heterocycles. The van der Waals surface area contributed by atoms with Gasteiger partial charge in [-0.3, -0.25) is 0 Å². The fourth-order valence-electron chi connectivity index (χ4n) is 3.41. The number of phenols is 2. The maximum absolute atomic E-state index is 10.6. The van der Waals surface area contributed by atoms with Crippen molar-refractivity contribution < 1.29 is 10.2 Å². The summed E-state index contributed by atoms with van der Waals surface area (Å²) in [6.45, 7) is 0. The summed E-state index contributed by atoms with van der Waals surface area (Å²) in [6.07, 6.45) is 1.48.